The van der Waals surface area contributed by atoms with Crippen LogP contribution in [0.1, 0.15) is 173 Å². The van der Waals surface area contributed by atoms with E-state index in [1.165, 1.54) is 6.42 Å². The van der Waals surface area contributed by atoms with E-state index in [0.29, 0.717) is 148 Å². The number of ether oxygens (including phenoxy) is 1. The lowest BCUT2D eigenvalue weighted by atomic mass is 9.98. The van der Waals surface area contributed by atoms with Gasteiger partial charge in [0, 0.05) is 177 Å². The Balaban J connectivity index is 0.000000137. The number of benzene rings is 5. The summed E-state index contributed by atoms with van der Waals surface area (Å²) in [5.74, 6) is 3.05. The lowest BCUT2D eigenvalue weighted by molar-refractivity contribution is 0.0303. The fraction of sp³-hybridized carbons (Fsp3) is 0.330. The van der Waals surface area contributed by atoms with Crippen LogP contribution in [0.3, 0.4) is 0 Å². The lowest BCUT2D eigenvalue weighted by Crippen LogP contribution is -2.40. The van der Waals surface area contributed by atoms with Crippen LogP contribution < -0.4 is 0 Å². The van der Waals surface area contributed by atoms with E-state index >= 15 is 0 Å². The number of aryl methyl sites for hydroxylation is 6. The molecule has 0 aliphatic carbocycles. The number of aromatic nitrogens is 7. The zero-order valence-corrected chi connectivity index (χ0v) is 73.2. The number of likely N-dealkylation sites (tertiary alicyclic amines) is 3. The summed E-state index contributed by atoms with van der Waals surface area (Å²) in [6.07, 6.45) is 17.7. The Hall–Kier alpha value is -9.30. The third kappa shape index (κ3) is 18.5. The van der Waals surface area contributed by atoms with Crippen LogP contribution in [0.2, 0.25) is 45.2 Å². The first-order valence-corrected chi connectivity index (χ1v) is 42.5. The number of hydrogen-bond donors (Lipinski definition) is 0. The van der Waals surface area contributed by atoms with Gasteiger partial charge in [0.25, 0.3) is 23.6 Å². The van der Waals surface area contributed by atoms with Crippen LogP contribution in [0.25, 0.3) is 44.0 Å². The smallest absolute Gasteiger partial charge is 0.255 e. The summed E-state index contributed by atoms with van der Waals surface area (Å²) < 4.78 is 13.3. The van der Waals surface area contributed by atoms with Crippen LogP contribution >= 0.6 is 104 Å². The normalized spacial score (nSPS) is 14.4. The molecule has 4 amide bonds. The summed E-state index contributed by atoms with van der Waals surface area (Å²) in [4.78, 5) is 72.9. The molecule has 0 spiro atoms. The van der Waals surface area contributed by atoms with E-state index < -0.39 is 0 Å². The zero-order valence-electron chi connectivity index (χ0n) is 66.4. The van der Waals surface area contributed by atoms with Gasteiger partial charge in [-0.3, -0.25) is 19.2 Å². The summed E-state index contributed by atoms with van der Waals surface area (Å²) in [6.45, 7) is 13.0. The molecule has 27 heteroatoms. The van der Waals surface area contributed by atoms with Crippen molar-refractivity contribution in [3.05, 3.63) is 256 Å². The molecule has 4 fully saturated rings. The van der Waals surface area contributed by atoms with E-state index in [1.54, 1.807) is 71.8 Å². The third-order valence-corrected chi connectivity index (χ3v) is 26.3. The third-order valence-electron chi connectivity index (χ3n) is 22.9. The number of nitriles is 2. The second-order valence-electron chi connectivity index (χ2n) is 30.4. The van der Waals surface area contributed by atoms with Crippen LogP contribution in [-0.4, -0.2) is 142 Å². The Bertz CT molecular complexity index is 5870. The standard InChI is InChI=1S/C24H24Cl2N4O.C23H20Cl3N3O.C23H21Cl2N3O2.C21H21Cl2N3O/c1-14-6-8-30(9-7-14)24(31)18-4-5-21(25)20(22(18)26)12-17-11-19-15(2)10-16(13-27)28-23(19)29(17)3;1-28-15(11-17-20(25)9-14(13-27)10-21(17)28)12-18-19(24)6-5-16(22(18)26)23(30)29-7-3-2-4-8-29;1-4-15-11-14(2)18-12-16(27(3)22(18)26-15)13-19-20(24)6-5-17(21(19)25)23(29)28-7-9-30-10-8-28;1-25-15(12-14-6-5-9-24-20(14)25)13-17-18(22)8-7-16(19(17)23)21(27)26-10-3-2-4-11-26/h4-5,10-11,14H,6-9,12H2,1-3H3;5-6,9-11H,2-4,7-8,12H2,1H3;1,5-6,11-12H,7-10,13H2,2-3H3;5-9,12H,2-4,10-11,13H2,1H3. The highest BCUT2D eigenvalue weighted by Gasteiger charge is 2.30. The molecule has 0 saturated carbocycles. The van der Waals surface area contributed by atoms with Gasteiger partial charge < -0.3 is 42.6 Å². The van der Waals surface area contributed by atoms with Crippen LogP contribution in [0, 0.1) is 54.8 Å². The molecule has 4 aliphatic rings. The molecule has 0 bridgehead atoms. The monoisotopic (exact) mass is 1760 g/mol. The summed E-state index contributed by atoms with van der Waals surface area (Å²) in [6, 6.07) is 37.4. The Kier molecular flexibility index (Phi) is 27.8. The molecule has 5 aromatic carbocycles. The van der Waals surface area contributed by atoms with E-state index in [-0.39, 0.29) is 23.6 Å². The van der Waals surface area contributed by atoms with Crippen LogP contribution in [-0.2, 0) is 58.6 Å². The second-order valence-corrected chi connectivity index (χ2v) is 34.0. The highest BCUT2D eigenvalue weighted by atomic mass is 35.5. The van der Waals surface area contributed by atoms with Gasteiger partial charge in [-0.05, 0) is 214 Å². The van der Waals surface area contributed by atoms with Crippen molar-refractivity contribution in [3.63, 3.8) is 0 Å². The number of morpholine rings is 1. The van der Waals surface area contributed by atoms with Crippen molar-refractivity contribution in [2.24, 2.45) is 34.1 Å². The van der Waals surface area contributed by atoms with E-state index in [9.17, 15) is 29.7 Å². The molecule has 18 nitrogen and oxygen atoms in total. The van der Waals surface area contributed by atoms with Crippen molar-refractivity contribution < 1.29 is 23.9 Å². The Labute approximate surface area is 731 Å². The average molecular weight is 1760 g/mol. The number of piperidine rings is 3. The molecule has 0 atom stereocenters. The molecule has 7 aromatic heterocycles. The summed E-state index contributed by atoms with van der Waals surface area (Å²) in [5, 5.41) is 26.7. The van der Waals surface area contributed by atoms with Crippen molar-refractivity contribution in [1.82, 2.24) is 52.8 Å². The van der Waals surface area contributed by atoms with Gasteiger partial charge >= 0.3 is 0 Å². The molecular weight excluding hydrogens is 1670 g/mol. The second kappa shape index (κ2) is 38.0. The van der Waals surface area contributed by atoms with Gasteiger partial charge in [0.05, 0.1) is 77.7 Å². The number of carbonyl (C=O) groups is 4. The molecule has 11 heterocycles. The van der Waals surface area contributed by atoms with Crippen LogP contribution in [0.4, 0.5) is 0 Å². The summed E-state index contributed by atoms with van der Waals surface area (Å²) in [5.41, 5.74) is 15.7. The van der Waals surface area contributed by atoms with Gasteiger partial charge in [0.2, 0.25) is 0 Å². The molecule has 0 radical (unpaired) electrons. The first-order chi connectivity index (χ1) is 56.7. The van der Waals surface area contributed by atoms with Gasteiger partial charge in [0.1, 0.15) is 34.4 Å². The van der Waals surface area contributed by atoms with Gasteiger partial charge in [-0.25, -0.2) is 15.0 Å². The Morgan fingerprint density at radius 2 is 0.822 bits per heavy atom. The van der Waals surface area contributed by atoms with Crippen LogP contribution in [0.5, 0.6) is 0 Å². The zero-order chi connectivity index (χ0) is 84.1. The number of terminal acetylenes is 1. The van der Waals surface area contributed by atoms with E-state index in [1.807, 2.05) is 111 Å². The van der Waals surface area contributed by atoms with Gasteiger partial charge in [-0.15, -0.1) is 6.42 Å². The SMILES string of the molecule is C#Cc1cc(C)c2cc(Cc3c(Cl)ccc(C(=O)N4CCOCC4)c3Cl)n(C)c2n1.Cc1cc(C#N)nc2c1cc(Cc1c(Cl)ccc(C(=O)N3CCC(C)CC3)c1Cl)n2C.Cn1c(Cc2c(Cl)ccc(C(=O)N3CCCCC3)c2Cl)cc2c(Cl)cc(C#N)cc21.Cn1c(Cc2c(Cl)ccc(C(=O)N3CCCCC3)c2Cl)cc2cccnc21. The highest BCUT2D eigenvalue weighted by molar-refractivity contribution is 6.41. The van der Waals surface area contributed by atoms with E-state index in [0.717, 1.165) is 179 Å². The fourth-order valence-electron chi connectivity index (χ4n) is 15.8. The Morgan fingerprint density at radius 1 is 0.441 bits per heavy atom. The molecular formula is C91H86Cl9N13O5. The molecule has 118 heavy (non-hydrogen) atoms. The quantitative estimate of drug-likeness (QED) is 0.106. The fourth-order valence-corrected chi connectivity index (χ4v) is 18.4. The maximum atomic E-state index is 13.1. The minimum absolute atomic E-state index is 0.00340. The molecule has 0 unspecified atom stereocenters. The average Bonchev–Trinajstić information content (AvgIpc) is 1.63. The van der Waals surface area contributed by atoms with Crippen molar-refractivity contribution >= 4 is 172 Å². The number of hydrogen-bond acceptors (Lipinski definition) is 10. The number of fused-ring (bicyclic) bond motifs is 4. The largest absolute Gasteiger partial charge is 0.378 e. The predicted octanol–water partition coefficient (Wildman–Crippen LogP) is 21.1. The number of nitrogens with zero attached hydrogens (tertiary/aromatic N) is 13. The first kappa shape index (κ1) is 86.5. The van der Waals surface area contributed by atoms with Gasteiger partial charge in [-0.1, -0.05) is 117 Å². The minimum Gasteiger partial charge on any atom is -0.378 e. The lowest BCUT2D eigenvalue weighted by Gasteiger charge is -2.30. The predicted molar refractivity (Wildman–Crippen MR) is 475 cm³/mol. The van der Waals surface area contributed by atoms with Gasteiger partial charge in [0.15, 0.2) is 0 Å². The highest BCUT2D eigenvalue weighted by Crippen LogP contribution is 2.40. The molecule has 4 aliphatic heterocycles. The van der Waals surface area contributed by atoms with Crippen molar-refractivity contribution in [2.75, 3.05) is 65.6 Å². The topological polar surface area (TPSA) is 196 Å². The number of amides is 4. The van der Waals surface area contributed by atoms with Crippen LogP contribution in [0.15, 0.2) is 115 Å². The van der Waals surface area contributed by atoms with Gasteiger partial charge in [-0.2, -0.15) is 10.5 Å². The van der Waals surface area contributed by atoms with Crippen molar-refractivity contribution in [1.29, 1.82) is 10.5 Å². The van der Waals surface area contributed by atoms with E-state index in [4.69, 9.17) is 116 Å². The van der Waals surface area contributed by atoms with Crippen molar-refractivity contribution in [2.45, 2.75) is 97.8 Å². The Morgan fingerprint density at radius 3 is 1.24 bits per heavy atom. The molecule has 0 N–H and O–H groups in total. The first-order valence-electron chi connectivity index (χ1n) is 39.1. The summed E-state index contributed by atoms with van der Waals surface area (Å²) >= 11 is 59.1. The molecule has 608 valence electrons. The number of pyridine rings is 3. The molecule has 4 saturated heterocycles. The van der Waals surface area contributed by atoms with Crippen molar-refractivity contribution in [3.8, 4) is 24.5 Å². The molecule has 12 aromatic rings. The number of carbonyl (C=O) groups excluding carboxylic acids is 4. The van der Waals surface area contributed by atoms with E-state index in [2.05, 4.69) is 52.1 Å². The maximum Gasteiger partial charge on any atom is 0.255 e. The minimum atomic E-state index is -0.102. The summed E-state index contributed by atoms with van der Waals surface area (Å²) in [7, 11) is 7.75. The number of rotatable bonds is 12. The maximum absolute atomic E-state index is 13.1. The molecule has 16 rings (SSSR count). The number of halogens is 9.